The number of halogens is 1. The van der Waals surface area contributed by atoms with E-state index in [2.05, 4.69) is 16.2 Å². The summed E-state index contributed by atoms with van der Waals surface area (Å²) in [6, 6.07) is 3.92. The maximum atomic E-state index is 14.8. The highest BCUT2D eigenvalue weighted by molar-refractivity contribution is 7.27. The average Bonchev–Trinajstić information content (AvgIpc) is 2.67. The quantitative estimate of drug-likeness (QED) is 0.506. The lowest BCUT2D eigenvalue weighted by Gasteiger charge is -2.38. The minimum Gasteiger partial charge on any atom is -0.493 e. The zero-order valence-corrected chi connectivity index (χ0v) is 17.8. The molecule has 0 spiro atoms. The summed E-state index contributed by atoms with van der Waals surface area (Å²) in [5.41, 5.74) is 0.906. The Balaban J connectivity index is 1.55. The largest absolute Gasteiger partial charge is 0.493 e. The van der Waals surface area contributed by atoms with Crippen LogP contribution >= 0.6 is 9.24 Å². The van der Waals surface area contributed by atoms with E-state index >= 15 is 0 Å². The van der Waals surface area contributed by atoms with Gasteiger partial charge in [0.2, 0.25) is 0 Å². The standard InChI is InChI=1S/C23H36FOP/c1-3-5-16-6-8-17(9-7-16)18-10-12-19(13-11-18)20-14-15-21(25-4-2)23(26)22(20)24/h14-19H,3-13,26H2,1-2H3. The number of rotatable bonds is 6. The molecule has 0 radical (unpaired) electrons. The maximum Gasteiger partial charge on any atom is 0.137 e. The molecule has 1 nitrogen and oxygen atoms in total. The Labute approximate surface area is 161 Å². The van der Waals surface area contributed by atoms with Gasteiger partial charge in [-0.25, -0.2) is 4.39 Å². The Kier molecular flexibility index (Phi) is 7.38. The van der Waals surface area contributed by atoms with Crippen LogP contribution in [0.3, 0.4) is 0 Å². The van der Waals surface area contributed by atoms with E-state index < -0.39 is 0 Å². The van der Waals surface area contributed by atoms with E-state index in [1.165, 1.54) is 51.4 Å². The highest BCUT2D eigenvalue weighted by Crippen LogP contribution is 2.45. The van der Waals surface area contributed by atoms with E-state index in [4.69, 9.17) is 4.74 Å². The van der Waals surface area contributed by atoms with E-state index in [1.54, 1.807) is 0 Å². The fourth-order valence-corrected chi connectivity index (χ4v) is 5.79. The molecule has 1 aromatic rings. The van der Waals surface area contributed by atoms with Crippen molar-refractivity contribution >= 4 is 14.5 Å². The molecule has 0 heterocycles. The molecule has 1 unspecified atom stereocenters. The second-order valence-corrected chi connectivity index (χ2v) is 9.07. The van der Waals surface area contributed by atoms with Crippen molar-refractivity contribution in [3.8, 4) is 5.75 Å². The molecular formula is C23H36FOP. The highest BCUT2D eigenvalue weighted by Gasteiger charge is 2.32. The third-order valence-corrected chi connectivity index (χ3v) is 7.47. The molecule has 2 saturated carbocycles. The summed E-state index contributed by atoms with van der Waals surface area (Å²) in [4.78, 5) is 0. The number of benzene rings is 1. The summed E-state index contributed by atoms with van der Waals surface area (Å²) in [6.45, 7) is 4.83. The first-order valence-corrected chi connectivity index (χ1v) is 11.4. The Morgan fingerprint density at radius 2 is 1.58 bits per heavy atom. The molecule has 0 saturated heterocycles. The van der Waals surface area contributed by atoms with Crippen LogP contribution in [-0.4, -0.2) is 6.61 Å². The number of ether oxygens (including phenoxy) is 1. The molecule has 0 bridgehead atoms. The second-order valence-electron chi connectivity index (χ2n) is 8.49. The van der Waals surface area contributed by atoms with Crippen LogP contribution in [0.4, 0.5) is 4.39 Å². The fourth-order valence-electron chi connectivity index (χ4n) is 5.45. The summed E-state index contributed by atoms with van der Waals surface area (Å²) < 4.78 is 20.4. The first-order chi connectivity index (χ1) is 12.6. The molecule has 26 heavy (non-hydrogen) atoms. The van der Waals surface area contributed by atoms with Gasteiger partial charge < -0.3 is 4.74 Å². The van der Waals surface area contributed by atoms with Crippen molar-refractivity contribution in [2.45, 2.75) is 84.0 Å². The van der Waals surface area contributed by atoms with Gasteiger partial charge in [-0.2, -0.15) is 0 Å². The molecule has 2 aliphatic rings. The smallest absolute Gasteiger partial charge is 0.137 e. The lowest BCUT2D eigenvalue weighted by Crippen LogP contribution is -2.26. The van der Waals surface area contributed by atoms with Crippen molar-refractivity contribution in [1.82, 2.24) is 0 Å². The van der Waals surface area contributed by atoms with Crippen molar-refractivity contribution in [3.63, 3.8) is 0 Å². The first kappa shape index (κ1) is 20.1. The minimum atomic E-state index is -0.0653. The van der Waals surface area contributed by atoms with E-state index in [0.29, 0.717) is 23.6 Å². The van der Waals surface area contributed by atoms with E-state index in [9.17, 15) is 4.39 Å². The average molecular weight is 379 g/mol. The molecule has 3 heteroatoms. The summed E-state index contributed by atoms with van der Waals surface area (Å²) in [6.07, 6.45) is 13.4. The van der Waals surface area contributed by atoms with Crippen LogP contribution in [-0.2, 0) is 0 Å². The Bertz CT molecular complexity index is 572. The summed E-state index contributed by atoms with van der Waals surface area (Å²) >= 11 is 0. The van der Waals surface area contributed by atoms with Gasteiger partial charge in [0.05, 0.1) is 6.61 Å². The predicted octanol–water partition coefficient (Wildman–Crippen LogP) is 6.61. The van der Waals surface area contributed by atoms with E-state index in [-0.39, 0.29) is 5.82 Å². The maximum absolute atomic E-state index is 14.8. The van der Waals surface area contributed by atoms with Crippen molar-refractivity contribution in [2.24, 2.45) is 17.8 Å². The third-order valence-electron chi connectivity index (χ3n) is 6.94. The molecule has 2 fully saturated rings. The normalized spacial score (nSPS) is 29.5. The molecule has 1 atom stereocenters. The third kappa shape index (κ3) is 4.61. The van der Waals surface area contributed by atoms with Gasteiger partial charge in [0.1, 0.15) is 11.6 Å². The molecular weight excluding hydrogens is 342 g/mol. The van der Waals surface area contributed by atoms with Crippen molar-refractivity contribution in [3.05, 3.63) is 23.5 Å². The molecule has 3 rings (SSSR count). The molecule has 0 aliphatic heterocycles. The Morgan fingerprint density at radius 3 is 2.15 bits per heavy atom. The first-order valence-electron chi connectivity index (χ1n) is 10.8. The fraction of sp³-hybridized carbons (Fsp3) is 0.739. The van der Waals surface area contributed by atoms with Gasteiger partial charge in [-0.3, -0.25) is 0 Å². The number of hydrogen-bond acceptors (Lipinski definition) is 1. The Morgan fingerprint density at radius 1 is 0.962 bits per heavy atom. The zero-order chi connectivity index (χ0) is 18.5. The van der Waals surface area contributed by atoms with Gasteiger partial charge in [0, 0.05) is 5.30 Å². The van der Waals surface area contributed by atoms with Crippen LogP contribution in [0.5, 0.6) is 5.75 Å². The predicted molar refractivity (Wildman–Crippen MR) is 112 cm³/mol. The number of hydrogen-bond donors (Lipinski definition) is 0. The topological polar surface area (TPSA) is 9.23 Å². The van der Waals surface area contributed by atoms with Crippen LogP contribution < -0.4 is 10.0 Å². The van der Waals surface area contributed by atoms with Crippen molar-refractivity contribution in [1.29, 1.82) is 0 Å². The second kappa shape index (κ2) is 9.54. The van der Waals surface area contributed by atoms with Crippen LogP contribution in [0.1, 0.15) is 89.5 Å². The molecule has 2 aliphatic carbocycles. The monoisotopic (exact) mass is 378 g/mol. The lowest BCUT2D eigenvalue weighted by atomic mass is 9.68. The van der Waals surface area contributed by atoms with Crippen LogP contribution in [0, 0.1) is 23.6 Å². The van der Waals surface area contributed by atoms with Gasteiger partial charge in [-0.05, 0) is 80.8 Å². The SMILES string of the molecule is CCCC1CCC(C2CCC(c3ccc(OCC)c(P)c3F)CC2)CC1. The summed E-state index contributed by atoms with van der Waals surface area (Å²) in [5, 5.41) is 0.598. The van der Waals surface area contributed by atoms with Gasteiger partial charge in [0.25, 0.3) is 0 Å². The highest BCUT2D eigenvalue weighted by atomic mass is 31.0. The minimum absolute atomic E-state index is 0.0653. The van der Waals surface area contributed by atoms with E-state index in [1.807, 2.05) is 19.1 Å². The molecule has 1 aromatic carbocycles. The van der Waals surface area contributed by atoms with Crippen molar-refractivity contribution < 1.29 is 9.13 Å². The van der Waals surface area contributed by atoms with Crippen LogP contribution in [0.2, 0.25) is 0 Å². The van der Waals surface area contributed by atoms with Gasteiger partial charge >= 0.3 is 0 Å². The van der Waals surface area contributed by atoms with Gasteiger partial charge in [-0.1, -0.05) is 47.9 Å². The van der Waals surface area contributed by atoms with Crippen molar-refractivity contribution in [2.75, 3.05) is 6.61 Å². The van der Waals surface area contributed by atoms with Gasteiger partial charge in [0.15, 0.2) is 0 Å². The Hall–Kier alpha value is -0.620. The summed E-state index contributed by atoms with van der Waals surface area (Å²) in [5.74, 6) is 3.80. The van der Waals surface area contributed by atoms with E-state index in [0.717, 1.165) is 36.2 Å². The molecule has 0 amide bonds. The zero-order valence-electron chi connectivity index (χ0n) is 16.6. The molecule has 0 N–H and O–H groups in total. The molecule has 0 aromatic heterocycles. The summed E-state index contributed by atoms with van der Waals surface area (Å²) in [7, 11) is 2.54. The van der Waals surface area contributed by atoms with Gasteiger partial charge in [-0.15, -0.1) is 0 Å². The van der Waals surface area contributed by atoms with Crippen LogP contribution in [0.15, 0.2) is 12.1 Å². The molecule has 146 valence electrons. The van der Waals surface area contributed by atoms with Crippen LogP contribution in [0.25, 0.3) is 0 Å². The lowest BCUT2D eigenvalue weighted by molar-refractivity contribution is 0.156.